The number of amides is 1. The molecular formula is C21H27Cl2N3O4. The van der Waals surface area contributed by atoms with Gasteiger partial charge in [-0.25, -0.2) is 4.98 Å². The quantitative estimate of drug-likeness (QED) is 0.742. The summed E-state index contributed by atoms with van der Waals surface area (Å²) in [7, 11) is 0. The summed E-state index contributed by atoms with van der Waals surface area (Å²) in [4.78, 5) is 19.2. The fraction of sp³-hybridized carbons (Fsp3) is 0.524. The number of benzene rings is 1. The summed E-state index contributed by atoms with van der Waals surface area (Å²) in [6, 6.07) is 6.08. The van der Waals surface area contributed by atoms with Crippen molar-refractivity contribution in [2.75, 3.05) is 32.8 Å². The van der Waals surface area contributed by atoms with E-state index in [0.29, 0.717) is 42.2 Å². The normalized spacial score (nSPS) is 18.3. The van der Waals surface area contributed by atoms with Gasteiger partial charge in [0.2, 0.25) is 0 Å². The number of fused-ring (bicyclic) bond motifs is 1. The highest BCUT2D eigenvalue weighted by atomic mass is 35.5. The average Bonchev–Trinajstić information content (AvgIpc) is 3.45. The molecule has 1 saturated heterocycles. The third kappa shape index (κ3) is 4.85. The van der Waals surface area contributed by atoms with Crippen LogP contribution in [-0.4, -0.2) is 54.7 Å². The number of halogens is 2. The lowest BCUT2D eigenvalue weighted by Crippen LogP contribution is -2.45. The van der Waals surface area contributed by atoms with Crippen LogP contribution in [-0.2, 0) is 0 Å². The summed E-state index contributed by atoms with van der Waals surface area (Å²) in [6.45, 7) is 3.67. The van der Waals surface area contributed by atoms with E-state index in [2.05, 4.69) is 10.3 Å². The Hall–Kier alpha value is -1.96. The van der Waals surface area contributed by atoms with Crippen molar-refractivity contribution in [1.82, 2.24) is 15.2 Å². The minimum atomic E-state index is -0.0701. The Morgan fingerprint density at radius 2 is 1.80 bits per heavy atom. The van der Waals surface area contributed by atoms with Crippen LogP contribution in [0.4, 0.5) is 0 Å². The molecule has 2 aliphatic heterocycles. The molecule has 1 aromatic heterocycles. The van der Waals surface area contributed by atoms with E-state index in [1.165, 1.54) is 19.2 Å². The second-order valence-corrected chi connectivity index (χ2v) is 7.81. The molecule has 0 unspecified atom stereocenters. The molecule has 1 saturated carbocycles. The van der Waals surface area contributed by atoms with E-state index >= 15 is 0 Å². The van der Waals surface area contributed by atoms with Gasteiger partial charge in [0, 0.05) is 24.7 Å². The maximum atomic E-state index is 13.1. The van der Waals surface area contributed by atoms with E-state index in [1.54, 1.807) is 0 Å². The number of oxazole rings is 1. The highest BCUT2D eigenvalue weighted by molar-refractivity contribution is 5.97. The van der Waals surface area contributed by atoms with Gasteiger partial charge in [-0.1, -0.05) is 0 Å². The molecule has 7 nitrogen and oxygen atoms in total. The first-order chi connectivity index (χ1) is 13.8. The molecule has 30 heavy (non-hydrogen) atoms. The first-order valence-corrected chi connectivity index (χ1v) is 10.1. The third-order valence-electron chi connectivity index (χ3n) is 5.75. The van der Waals surface area contributed by atoms with Crippen molar-refractivity contribution in [3.05, 3.63) is 30.3 Å². The molecule has 0 atom stereocenters. The zero-order chi connectivity index (χ0) is 18.9. The molecule has 1 aliphatic carbocycles. The summed E-state index contributed by atoms with van der Waals surface area (Å²) in [5, 5.41) is 3.65. The van der Waals surface area contributed by atoms with Crippen LogP contribution in [0.1, 0.15) is 36.2 Å². The lowest BCUT2D eigenvalue weighted by atomic mass is 10.0. The SMILES string of the molecule is Cl.Cl.O=C(c1ncoc1-c1ccc2c(c1)OCCO2)N1CCC(NCC2CC2)CC1. The number of piperidine rings is 1. The van der Waals surface area contributed by atoms with Gasteiger partial charge in [-0.3, -0.25) is 4.79 Å². The predicted molar refractivity (Wildman–Crippen MR) is 117 cm³/mol. The zero-order valence-electron chi connectivity index (χ0n) is 16.7. The minimum absolute atomic E-state index is 0. The van der Waals surface area contributed by atoms with Gasteiger partial charge < -0.3 is 24.1 Å². The molecule has 1 N–H and O–H groups in total. The van der Waals surface area contributed by atoms with E-state index in [4.69, 9.17) is 13.9 Å². The maximum absolute atomic E-state index is 13.1. The Morgan fingerprint density at radius 3 is 2.53 bits per heavy atom. The number of likely N-dealkylation sites (tertiary alicyclic amines) is 1. The van der Waals surface area contributed by atoms with Crippen molar-refractivity contribution in [2.45, 2.75) is 31.7 Å². The number of hydrogen-bond acceptors (Lipinski definition) is 6. The van der Waals surface area contributed by atoms with Gasteiger partial charge in [0.15, 0.2) is 29.3 Å². The Kier molecular flexibility index (Phi) is 7.50. The summed E-state index contributed by atoms with van der Waals surface area (Å²) >= 11 is 0. The lowest BCUT2D eigenvalue weighted by molar-refractivity contribution is 0.0700. The average molecular weight is 456 g/mol. The number of hydrogen-bond donors (Lipinski definition) is 1. The van der Waals surface area contributed by atoms with Crippen LogP contribution in [0.15, 0.2) is 29.0 Å². The van der Waals surface area contributed by atoms with E-state index in [1.807, 2.05) is 23.1 Å². The second kappa shape index (κ2) is 9.90. The van der Waals surface area contributed by atoms with Crippen LogP contribution in [0.2, 0.25) is 0 Å². The number of ether oxygens (including phenoxy) is 2. The lowest BCUT2D eigenvalue weighted by Gasteiger charge is -2.32. The summed E-state index contributed by atoms with van der Waals surface area (Å²) < 4.78 is 16.8. The van der Waals surface area contributed by atoms with Gasteiger partial charge in [-0.15, -0.1) is 24.8 Å². The molecular weight excluding hydrogens is 429 g/mol. The predicted octanol–water partition coefficient (Wildman–Crippen LogP) is 3.56. The number of carbonyl (C=O) groups is 1. The fourth-order valence-corrected chi connectivity index (χ4v) is 3.88. The molecule has 2 fully saturated rings. The van der Waals surface area contributed by atoms with Gasteiger partial charge in [0.05, 0.1) is 0 Å². The van der Waals surface area contributed by atoms with E-state index in [-0.39, 0.29) is 30.7 Å². The van der Waals surface area contributed by atoms with Crippen molar-refractivity contribution < 1.29 is 18.7 Å². The molecule has 1 aromatic carbocycles. The van der Waals surface area contributed by atoms with Gasteiger partial charge in [-0.05, 0) is 56.3 Å². The topological polar surface area (TPSA) is 76.8 Å². The number of nitrogens with one attached hydrogen (secondary N) is 1. The van der Waals surface area contributed by atoms with Crippen LogP contribution in [0.3, 0.4) is 0 Å². The van der Waals surface area contributed by atoms with Crippen LogP contribution in [0.25, 0.3) is 11.3 Å². The Balaban J connectivity index is 0.00000128. The Morgan fingerprint density at radius 1 is 1.07 bits per heavy atom. The minimum Gasteiger partial charge on any atom is -0.486 e. The number of carbonyl (C=O) groups excluding carboxylic acids is 1. The highest BCUT2D eigenvalue weighted by Gasteiger charge is 2.29. The van der Waals surface area contributed by atoms with Crippen LogP contribution in [0, 0.1) is 5.92 Å². The van der Waals surface area contributed by atoms with Crippen molar-refractivity contribution in [3.8, 4) is 22.8 Å². The second-order valence-electron chi connectivity index (χ2n) is 7.81. The van der Waals surface area contributed by atoms with Crippen molar-refractivity contribution in [1.29, 1.82) is 0 Å². The largest absolute Gasteiger partial charge is 0.486 e. The van der Waals surface area contributed by atoms with Crippen molar-refractivity contribution in [2.24, 2.45) is 5.92 Å². The molecule has 2 aromatic rings. The van der Waals surface area contributed by atoms with E-state index in [9.17, 15) is 4.79 Å². The molecule has 1 amide bonds. The van der Waals surface area contributed by atoms with E-state index < -0.39 is 0 Å². The first kappa shape index (κ1) is 22.7. The molecule has 9 heteroatoms. The fourth-order valence-electron chi connectivity index (χ4n) is 3.88. The number of rotatable bonds is 5. The highest BCUT2D eigenvalue weighted by Crippen LogP contribution is 2.36. The monoisotopic (exact) mass is 455 g/mol. The van der Waals surface area contributed by atoms with Gasteiger partial charge in [-0.2, -0.15) is 0 Å². The molecule has 0 bridgehead atoms. The van der Waals surface area contributed by atoms with E-state index in [0.717, 1.165) is 44.0 Å². The van der Waals surface area contributed by atoms with Crippen LogP contribution < -0.4 is 14.8 Å². The molecule has 164 valence electrons. The Bertz CT molecular complexity index is 864. The summed E-state index contributed by atoms with van der Waals surface area (Å²) in [5.41, 5.74) is 1.13. The zero-order valence-corrected chi connectivity index (χ0v) is 18.3. The van der Waals surface area contributed by atoms with Crippen molar-refractivity contribution in [3.63, 3.8) is 0 Å². The molecule has 0 spiro atoms. The maximum Gasteiger partial charge on any atom is 0.276 e. The van der Waals surface area contributed by atoms with Crippen LogP contribution in [0.5, 0.6) is 11.5 Å². The van der Waals surface area contributed by atoms with Crippen molar-refractivity contribution >= 4 is 30.7 Å². The van der Waals surface area contributed by atoms with Gasteiger partial charge >= 0.3 is 0 Å². The van der Waals surface area contributed by atoms with Gasteiger partial charge in [0.1, 0.15) is 13.2 Å². The smallest absolute Gasteiger partial charge is 0.276 e. The summed E-state index contributed by atoms with van der Waals surface area (Å²) in [5.74, 6) is 2.67. The Labute approximate surface area is 188 Å². The van der Waals surface area contributed by atoms with Crippen LogP contribution >= 0.6 is 24.8 Å². The standard InChI is InChI=1S/C21H25N3O4.2ClH/c25-21(24-7-5-16(6-8-24)22-12-14-1-2-14)19-20(28-13-23-19)15-3-4-17-18(11-15)27-10-9-26-17;;/h3-4,11,13-14,16,22H,1-2,5-10,12H2;2*1H. The number of nitrogens with zero attached hydrogens (tertiary/aromatic N) is 2. The molecule has 5 rings (SSSR count). The third-order valence-corrected chi connectivity index (χ3v) is 5.75. The number of aromatic nitrogens is 1. The van der Waals surface area contributed by atoms with Gasteiger partial charge in [0.25, 0.3) is 5.91 Å². The molecule has 3 heterocycles. The molecule has 3 aliphatic rings. The molecule has 0 radical (unpaired) electrons. The summed E-state index contributed by atoms with van der Waals surface area (Å²) in [6.07, 6.45) is 6.02. The first-order valence-electron chi connectivity index (χ1n) is 10.1.